The average Bonchev–Trinajstić information content (AvgIpc) is 3.42. The molecule has 464 valence electrons. The standard InChI is InChI=1S/C70H126NO8P/c1-6-8-10-12-14-16-18-20-22-24-26-28-30-32-33-34-35-36-37-39-41-43-45-47-49-51-53-55-57-59-61-63-70(73)79-68(67-78-80(74,75)77-65-64-71(3,4)5)66-76-69(72)62-60-58-56-54-52-50-48-46-44-42-40-38-31-29-27-25-23-21-19-17-15-13-11-9-7-2/h8,10,14,16,20,22,26,28,32-33,35-36,39,41,68H,6-7,9,11-13,15,17-19,21,23-25,27,29-31,34,37-38,40,42-67H2,1-5H3/p+1/b10-8-,16-14-,22-20-,28-26-,33-32-,36-35-,41-39-. The molecule has 0 radical (unpaired) electrons. The van der Waals surface area contributed by atoms with Crippen molar-refractivity contribution in [2.24, 2.45) is 0 Å². The number of nitrogens with zero attached hydrogens (tertiary/aromatic N) is 1. The first-order valence-electron chi connectivity index (χ1n) is 33.3. The number of likely N-dealkylation sites (N-methyl/N-ethyl adjacent to an activating group) is 1. The Labute approximate surface area is 494 Å². The van der Waals surface area contributed by atoms with Crippen molar-refractivity contribution in [1.29, 1.82) is 0 Å². The Bertz CT molecular complexity index is 1630. The van der Waals surface area contributed by atoms with Gasteiger partial charge in [-0.2, -0.15) is 0 Å². The molecule has 0 saturated heterocycles. The number of phosphoric acid groups is 1. The highest BCUT2D eigenvalue weighted by molar-refractivity contribution is 7.47. The highest BCUT2D eigenvalue weighted by atomic mass is 31.2. The number of hydrogen-bond donors (Lipinski definition) is 1. The van der Waals surface area contributed by atoms with Crippen molar-refractivity contribution in [3.63, 3.8) is 0 Å². The fraction of sp³-hybridized carbons (Fsp3) is 0.771. The third-order valence-corrected chi connectivity index (χ3v) is 15.4. The predicted molar refractivity (Wildman–Crippen MR) is 344 cm³/mol. The molecule has 1 N–H and O–H groups in total. The number of phosphoric ester groups is 1. The van der Waals surface area contributed by atoms with Gasteiger partial charge in [0.15, 0.2) is 6.10 Å². The van der Waals surface area contributed by atoms with Gasteiger partial charge in [0.1, 0.15) is 19.8 Å². The summed E-state index contributed by atoms with van der Waals surface area (Å²) in [6.45, 7) is 4.35. The predicted octanol–water partition coefficient (Wildman–Crippen LogP) is 21.4. The Morgan fingerprint density at radius 1 is 0.400 bits per heavy atom. The Morgan fingerprint density at radius 2 is 0.713 bits per heavy atom. The quantitative estimate of drug-likeness (QED) is 0.0211. The molecule has 0 fully saturated rings. The van der Waals surface area contributed by atoms with Crippen LogP contribution in [0.3, 0.4) is 0 Å². The van der Waals surface area contributed by atoms with Crippen LogP contribution in [0.5, 0.6) is 0 Å². The van der Waals surface area contributed by atoms with Gasteiger partial charge in [-0.15, -0.1) is 0 Å². The normalized spacial score (nSPS) is 13.7. The van der Waals surface area contributed by atoms with Crippen molar-refractivity contribution < 1.29 is 42.1 Å². The number of ether oxygens (including phenoxy) is 2. The summed E-state index contributed by atoms with van der Waals surface area (Å²) in [7, 11) is 1.48. The van der Waals surface area contributed by atoms with E-state index in [1.54, 1.807) is 0 Å². The summed E-state index contributed by atoms with van der Waals surface area (Å²) < 4.78 is 34.7. The van der Waals surface area contributed by atoms with Gasteiger partial charge in [0, 0.05) is 12.8 Å². The van der Waals surface area contributed by atoms with Gasteiger partial charge in [0.2, 0.25) is 0 Å². The van der Waals surface area contributed by atoms with Crippen LogP contribution in [0.2, 0.25) is 0 Å². The second-order valence-corrected chi connectivity index (χ2v) is 24.9. The van der Waals surface area contributed by atoms with Gasteiger partial charge in [-0.1, -0.05) is 298 Å². The molecule has 0 aromatic rings. The molecule has 0 aliphatic rings. The summed E-state index contributed by atoms with van der Waals surface area (Å²) in [5, 5.41) is 0. The highest BCUT2D eigenvalue weighted by Gasteiger charge is 2.27. The fourth-order valence-electron chi connectivity index (χ4n) is 9.35. The van der Waals surface area contributed by atoms with E-state index in [-0.39, 0.29) is 32.0 Å². The number of carbonyl (C=O) groups excluding carboxylic acids is 2. The molecule has 0 amide bonds. The number of unbranched alkanes of at least 4 members (excludes halogenated alkanes) is 33. The van der Waals surface area contributed by atoms with Gasteiger partial charge in [0.25, 0.3) is 0 Å². The molecular weight excluding hydrogens is 1010 g/mol. The van der Waals surface area contributed by atoms with E-state index in [4.69, 9.17) is 18.5 Å². The SMILES string of the molecule is CC/C=C\C/C=C\C/C=C\C/C=C\C/C=C\C/C=C\C/C=C\CCCCCCCCCCCC(=O)OC(COC(=O)CCCCCCCCCCCCCCCCCCCCCCCCCCC)COP(=O)(O)OCC[N+](C)(C)C. The van der Waals surface area contributed by atoms with E-state index in [0.717, 1.165) is 89.9 Å². The molecule has 0 bridgehead atoms. The second kappa shape index (κ2) is 60.8. The number of esters is 2. The zero-order valence-electron chi connectivity index (χ0n) is 52.8. The van der Waals surface area contributed by atoms with E-state index >= 15 is 0 Å². The third-order valence-electron chi connectivity index (χ3n) is 14.4. The highest BCUT2D eigenvalue weighted by Crippen LogP contribution is 2.43. The molecular formula is C70H127NO8P+. The first-order chi connectivity index (χ1) is 39.0. The topological polar surface area (TPSA) is 108 Å². The zero-order chi connectivity index (χ0) is 58.4. The lowest BCUT2D eigenvalue weighted by Gasteiger charge is -2.24. The van der Waals surface area contributed by atoms with Gasteiger partial charge in [-0.3, -0.25) is 18.6 Å². The van der Waals surface area contributed by atoms with Crippen molar-refractivity contribution in [3.8, 4) is 0 Å². The maximum Gasteiger partial charge on any atom is 0.472 e. The van der Waals surface area contributed by atoms with E-state index in [2.05, 4.69) is 98.9 Å². The molecule has 0 aliphatic heterocycles. The Kier molecular flexibility index (Phi) is 58.6. The summed E-state index contributed by atoms with van der Waals surface area (Å²) >= 11 is 0. The summed E-state index contributed by atoms with van der Waals surface area (Å²) in [6, 6.07) is 0. The van der Waals surface area contributed by atoms with Crippen LogP contribution in [0, 0.1) is 0 Å². The molecule has 2 atom stereocenters. The third kappa shape index (κ3) is 64.4. The average molecular weight is 1140 g/mol. The van der Waals surface area contributed by atoms with Gasteiger partial charge in [0.05, 0.1) is 27.7 Å². The summed E-state index contributed by atoms with van der Waals surface area (Å²) in [5.74, 6) is -0.795. The number of allylic oxidation sites excluding steroid dienone is 14. The molecule has 0 aliphatic carbocycles. The first-order valence-corrected chi connectivity index (χ1v) is 34.8. The number of quaternary nitrogens is 1. The number of hydrogen-bond acceptors (Lipinski definition) is 7. The Morgan fingerprint density at radius 3 is 1.06 bits per heavy atom. The van der Waals surface area contributed by atoms with Crippen LogP contribution in [0.1, 0.15) is 296 Å². The second-order valence-electron chi connectivity index (χ2n) is 23.5. The van der Waals surface area contributed by atoms with E-state index in [9.17, 15) is 19.0 Å². The first kappa shape index (κ1) is 77.2. The van der Waals surface area contributed by atoms with Crippen molar-refractivity contribution in [1.82, 2.24) is 0 Å². The van der Waals surface area contributed by atoms with Crippen LogP contribution in [0.25, 0.3) is 0 Å². The van der Waals surface area contributed by atoms with Crippen LogP contribution in [-0.2, 0) is 32.7 Å². The maximum absolute atomic E-state index is 12.9. The van der Waals surface area contributed by atoms with Crippen molar-refractivity contribution in [2.45, 2.75) is 302 Å². The van der Waals surface area contributed by atoms with Crippen LogP contribution >= 0.6 is 7.82 Å². The molecule has 9 nitrogen and oxygen atoms in total. The Hall–Kier alpha value is -2.81. The molecule has 0 heterocycles. The Balaban J connectivity index is 4.11. The lowest BCUT2D eigenvalue weighted by atomic mass is 10.0. The molecule has 0 aromatic heterocycles. The molecule has 80 heavy (non-hydrogen) atoms. The smallest absolute Gasteiger partial charge is 0.462 e. The number of carbonyl (C=O) groups is 2. The van der Waals surface area contributed by atoms with Gasteiger partial charge in [-0.25, -0.2) is 4.57 Å². The van der Waals surface area contributed by atoms with Crippen molar-refractivity contribution in [3.05, 3.63) is 85.1 Å². The minimum atomic E-state index is -4.39. The molecule has 0 rings (SSSR count). The monoisotopic (exact) mass is 1140 g/mol. The fourth-order valence-corrected chi connectivity index (χ4v) is 10.1. The van der Waals surface area contributed by atoms with Crippen LogP contribution in [0.4, 0.5) is 0 Å². The molecule has 0 aromatic carbocycles. The molecule has 0 saturated carbocycles. The van der Waals surface area contributed by atoms with E-state index in [1.807, 2.05) is 21.1 Å². The largest absolute Gasteiger partial charge is 0.472 e. The summed E-state index contributed by atoms with van der Waals surface area (Å²) in [4.78, 5) is 35.8. The lowest BCUT2D eigenvalue weighted by Crippen LogP contribution is -2.37. The lowest BCUT2D eigenvalue weighted by molar-refractivity contribution is -0.870. The van der Waals surface area contributed by atoms with Crippen molar-refractivity contribution >= 4 is 19.8 Å². The zero-order valence-corrected chi connectivity index (χ0v) is 53.7. The van der Waals surface area contributed by atoms with Crippen LogP contribution in [-0.4, -0.2) is 74.9 Å². The molecule has 10 heteroatoms. The summed E-state index contributed by atoms with van der Waals surface area (Å²) in [6.07, 6.45) is 82.4. The minimum Gasteiger partial charge on any atom is -0.462 e. The van der Waals surface area contributed by atoms with E-state index < -0.39 is 26.5 Å². The van der Waals surface area contributed by atoms with Crippen LogP contribution in [0.15, 0.2) is 85.1 Å². The van der Waals surface area contributed by atoms with Crippen LogP contribution < -0.4 is 0 Å². The minimum absolute atomic E-state index is 0.0285. The van der Waals surface area contributed by atoms with E-state index in [1.165, 1.54) is 173 Å². The molecule has 0 spiro atoms. The van der Waals surface area contributed by atoms with Gasteiger partial charge < -0.3 is 18.9 Å². The summed E-state index contributed by atoms with van der Waals surface area (Å²) in [5.41, 5.74) is 0. The van der Waals surface area contributed by atoms with Crippen molar-refractivity contribution in [2.75, 3.05) is 47.5 Å². The molecule has 2 unspecified atom stereocenters. The number of rotatable bonds is 61. The van der Waals surface area contributed by atoms with E-state index in [0.29, 0.717) is 17.4 Å². The maximum atomic E-state index is 12.9. The van der Waals surface area contributed by atoms with Gasteiger partial charge in [-0.05, 0) is 70.6 Å². The van der Waals surface area contributed by atoms with Gasteiger partial charge >= 0.3 is 19.8 Å².